The van der Waals surface area contributed by atoms with Crippen LogP contribution in [0, 0.1) is 5.92 Å². The number of hydrogen-bond acceptors (Lipinski definition) is 6. The summed E-state index contributed by atoms with van der Waals surface area (Å²) in [5.74, 6) is 2.12. The molecule has 2 aromatic rings. The third-order valence-electron chi connectivity index (χ3n) is 7.90. The Morgan fingerprint density at radius 3 is 2.17 bits per heavy atom. The van der Waals surface area contributed by atoms with Crippen LogP contribution in [0.3, 0.4) is 0 Å². The number of hydrogen-bond donors (Lipinski definition) is 1. The van der Waals surface area contributed by atoms with Crippen LogP contribution in [0.4, 0.5) is 5.69 Å². The van der Waals surface area contributed by atoms with Gasteiger partial charge in [-0.05, 0) is 48.2 Å². The first-order chi connectivity index (χ1) is 18.9. The van der Waals surface area contributed by atoms with Crippen LogP contribution >= 0.6 is 7.14 Å². The quantitative estimate of drug-likeness (QED) is 0.227. The molecule has 0 aliphatic carbocycles. The monoisotopic (exact) mass is 573 g/mol. The van der Waals surface area contributed by atoms with Gasteiger partial charge in [0.15, 0.2) is 6.29 Å². The lowest BCUT2D eigenvalue weighted by atomic mass is 10.0. The van der Waals surface area contributed by atoms with E-state index in [1.54, 1.807) is 0 Å². The first-order valence-electron chi connectivity index (χ1n) is 14.9. The molecule has 6 nitrogen and oxygen atoms in total. The molecule has 1 aliphatic rings. The highest BCUT2D eigenvalue weighted by Crippen LogP contribution is 2.66. The molecule has 40 heavy (non-hydrogen) atoms. The maximum absolute atomic E-state index is 13.9. The van der Waals surface area contributed by atoms with Gasteiger partial charge < -0.3 is 28.8 Å². The van der Waals surface area contributed by atoms with Crippen molar-refractivity contribution in [2.75, 3.05) is 31.5 Å². The van der Waals surface area contributed by atoms with Crippen LogP contribution in [0.25, 0.3) is 0 Å². The molecule has 7 heteroatoms. The molecule has 0 aromatic heterocycles. The fourth-order valence-corrected chi connectivity index (χ4v) is 8.20. The van der Waals surface area contributed by atoms with Crippen molar-refractivity contribution in [1.82, 2.24) is 0 Å². The van der Waals surface area contributed by atoms with Gasteiger partial charge >= 0.3 is 0 Å². The van der Waals surface area contributed by atoms with Gasteiger partial charge in [-0.25, -0.2) is 0 Å². The normalized spacial score (nSPS) is 15.7. The van der Waals surface area contributed by atoms with Crippen molar-refractivity contribution in [3.63, 3.8) is 0 Å². The second-order valence-corrected chi connectivity index (χ2v) is 17.3. The Labute approximate surface area is 242 Å². The van der Waals surface area contributed by atoms with Crippen LogP contribution in [0.5, 0.6) is 11.5 Å². The number of nitrogens with one attached hydrogen (secondary N) is 1. The Morgan fingerprint density at radius 2 is 1.60 bits per heavy atom. The van der Waals surface area contributed by atoms with Gasteiger partial charge in [-0.3, -0.25) is 0 Å². The number of anilines is 1. The number of benzene rings is 2. The third-order valence-corrected chi connectivity index (χ3v) is 12.7. The zero-order chi connectivity index (χ0) is 29.4. The molecule has 0 saturated carbocycles. The molecule has 0 bridgehead atoms. The molecule has 1 saturated heterocycles. The van der Waals surface area contributed by atoms with Crippen molar-refractivity contribution in [3.05, 3.63) is 53.6 Å². The number of rotatable bonds is 14. The van der Waals surface area contributed by atoms with Crippen LogP contribution < -0.4 is 14.8 Å². The van der Waals surface area contributed by atoms with E-state index in [0.717, 1.165) is 34.7 Å². The van der Waals surface area contributed by atoms with Gasteiger partial charge in [0.05, 0.1) is 25.4 Å². The van der Waals surface area contributed by atoms with Gasteiger partial charge in [0.1, 0.15) is 25.0 Å². The molecular formula is C33H52NO5P. The summed E-state index contributed by atoms with van der Waals surface area (Å²) < 4.78 is 37.9. The molecule has 1 atom stereocenters. The van der Waals surface area contributed by atoms with Crippen molar-refractivity contribution < 1.29 is 23.5 Å². The van der Waals surface area contributed by atoms with Crippen LogP contribution in [-0.4, -0.2) is 36.5 Å². The molecule has 0 radical (unpaired) electrons. The molecular weight excluding hydrogens is 521 g/mol. The third kappa shape index (κ3) is 8.50. The summed E-state index contributed by atoms with van der Waals surface area (Å²) >= 11 is 0. The predicted molar refractivity (Wildman–Crippen MR) is 166 cm³/mol. The summed E-state index contributed by atoms with van der Waals surface area (Å²) in [6.07, 6.45) is 4.57. The van der Waals surface area contributed by atoms with E-state index in [1.807, 2.05) is 71.9 Å². The molecule has 224 valence electrons. The predicted octanol–water partition coefficient (Wildman–Crippen LogP) is 9.24. The Kier molecular flexibility index (Phi) is 11.6. The minimum absolute atomic E-state index is 0.234. The van der Waals surface area contributed by atoms with Gasteiger partial charge in [-0.1, -0.05) is 86.8 Å². The average molecular weight is 574 g/mol. The summed E-state index contributed by atoms with van der Waals surface area (Å²) in [4.78, 5) is 0. The van der Waals surface area contributed by atoms with E-state index in [1.165, 1.54) is 19.3 Å². The Morgan fingerprint density at radius 1 is 0.950 bits per heavy atom. The van der Waals surface area contributed by atoms with Crippen molar-refractivity contribution in [1.29, 1.82) is 0 Å². The highest BCUT2D eigenvalue weighted by Gasteiger charge is 2.46. The van der Waals surface area contributed by atoms with E-state index < -0.39 is 13.4 Å². The van der Waals surface area contributed by atoms with Crippen LogP contribution in [0.1, 0.15) is 98.5 Å². The van der Waals surface area contributed by atoms with Crippen molar-refractivity contribution in [2.45, 2.75) is 104 Å². The van der Waals surface area contributed by atoms with Gasteiger partial charge in [-0.15, -0.1) is 0 Å². The zero-order valence-corrected chi connectivity index (χ0v) is 26.9. The molecule has 3 rings (SSSR count). The van der Waals surface area contributed by atoms with Gasteiger partial charge in [0.25, 0.3) is 0 Å². The lowest BCUT2D eigenvalue weighted by Gasteiger charge is -2.40. The zero-order valence-electron chi connectivity index (χ0n) is 26.0. The Balaban J connectivity index is 1.63. The first-order valence-corrected chi connectivity index (χ1v) is 16.8. The fourth-order valence-electron chi connectivity index (χ4n) is 5.08. The van der Waals surface area contributed by atoms with E-state index in [-0.39, 0.29) is 16.7 Å². The molecule has 1 heterocycles. The summed E-state index contributed by atoms with van der Waals surface area (Å²) in [5, 5.41) is 2.87. The van der Waals surface area contributed by atoms with Crippen molar-refractivity contribution in [3.8, 4) is 11.5 Å². The van der Waals surface area contributed by atoms with Gasteiger partial charge in [0.2, 0.25) is 0 Å². The minimum Gasteiger partial charge on any atom is -0.493 e. The fraction of sp³-hybridized carbons (Fsp3) is 0.636. The highest BCUT2D eigenvalue weighted by molar-refractivity contribution is 7.66. The second kappa shape index (κ2) is 14.2. The van der Waals surface area contributed by atoms with Gasteiger partial charge in [0, 0.05) is 22.5 Å². The largest absolute Gasteiger partial charge is 0.493 e. The van der Waals surface area contributed by atoms with Gasteiger partial charge in [-0.2, -0.15) is 0 Å². The van der Waals surface area contributed by atoms with Crippen LogP contribution in [0.15, 0.2) is 42.5 Å². The van der Waals surface area contributed by atoms with E-state index in [2.05, 4.69) is 31.3 Å². The van der Waals surface area contributed by atoms with E-state index in [9.17, 15) is 4.57 Å². The smallest absolute Gasteiger partial charge is 0.187 e. The lowest BCUT2D eigenvalue weighted by Crippen LogP contribution is -2.31. The maximum atomic E-state index is 13.9. The lowest BCUT2D eigenvalue weighted by molar-refractivity contribution is -0.0459. The minimum atomic E-state index is -2.62. The highest BCUT2D eigenvalue weighted by atomic mass is 31.2. The van der Waals surface area contributed by atoms with Crippen molar-refractivity contribution >= 4 is 12.8 Å². The summed E-state index contributed by atoms with van der Waals surface area (Å²) in [5.41, 5.74) is 3.04. The molecule has 1 N–H and O–H groups in total. The van der Waals surface area contributed by atoms with E-state index in [4.69, 9.17) is 18.9 Å². The molecule has 1 fully saturated rings. The summed E-state index contributed by atoms with van der Waals surface area (Å²) in [7, 11) is -2.62. The second-order valence-electron chi connectivity index (χ2n) is 12.9. The Bertz CT molecular complexity index is 1080. The molecule has 1 unspecified atom stereocenters. The maximum Gasteiger partial charge on any atom is 0.187 e. The molecule has 2 aromatic carbocycles. The van der Waals surface area contributed by atoms with Crippen LogP contribution in [0.2, 0.25) is 0 Å². The molecule has 0 amide bonds. The Hall–Kier alpha value is -2.01. The first kappa shape index (κ1) is 32.5. The molecule has 1 aliphatic heterocycles. The SMILES string of the molecule is CCCCC(CC)COc1ccc(NCc2ccc(OCP(=O)(C(C)(C)C)C(C)(C)C)cc2)cc1C1OCCO1. The van der Waals surface area contributed by atoms with E-state index >= 15 is 0 Å². The summed E-state index contributed by atoms with van der Waals surface area (Å²) in [6.45, 7) is 19.3. The topological polar surface area (TPSA) is 66.0 Å². The number of ether oxygens (including phenoxy) is 4. The standard InChI is InChI=1S/C33H52NO5P/c1-9-11-12-25(10-2)23-38-30-18-15-27(21-29(30)31-36-19-20-37-31)34-22-26-13-16-28(17-14-26)39-24-40(35,32(3,4)5)33(6,7)8/h13-18,21,25,31,34H,9-12,19-20,22-24H2,1-8H3. The van der Waals surface area contributed by atoms with Crippen LogP contribution in [-0.2, 0) is 20.6 Å². The average Bonchev–Trinajstić information content (AvgIpc) is 3.45. The number of unbranched alkanes of at least 4 members (excludes halogenated alkanes) is 1. The van der Waals surface area contributed by atoms with E-state index in [0.29, 0.717) is 32.3 Å². The van der Waals surface area contributed by atoms with Crippen molar-refractivity contribution in [2.24, 2.45) is 5.92 Å². The molecule has 0 spiro atoms. The summed E-state index contributed by atoms with van der Waals surface area (Å²) in [6, 6.07) is 14.2.